The lowest BCUT2D eigenvalue weighted by molar-refractivity contribution is -0.114. The SMILES string of the molecule is Cc1ccc(C(=O)O)cc1NC(=O)CSc1cccc(NC(=O)/C(=C\c2ccc(N(C)C)cc2)NC(=O)c2ccccc2)c1. The Bertz CT molecular complexity index is 1700. The van der Waals surface area contributed by atoms with E-state index in [1.54, 1.807) is 67.6 Å². The summed E-state index contributed by atoms with van der Waals surface area (Å²) in [5.74, 6) is -2.25. The molecule has 4 aromatic rings. The van der Waals surface area contributed by atoms with Gasteiger partial charge in [0.15, 0.2) is 0 Å². The molecule has 0 atom stereocenters. The highest BCUT2D eigenvalue weighted by Crippen LogP contribution is 2.24. The van der Waals surface area contributed by atoms with E-state index in [0.29, 0.717) is 16.9 Å². The molecule has 10 heteroatoms. The topological polar surface area (TPSA) is 128 Å². The molecule has 3 amide bonds. The van der Waals surface area contributed by atoms with Gasteiger partial charge in [0, 0.05) is 41.6 Å². The number of anilines is 3. The van der Waals surface area contributed by atoms with Gasteiger partial charge in [0.2, 0.25) is 5.91 Å². The zero-order chi connectivity index (χ0) is 31.6. The maximum atomic E-state index is 13.4. The molecular formula is C34H32N4O5S. The van der Waals surface area contributed by atoms with Gasteiger partial charge in [-0.1, -0.05) is 42.5 Å². The fraction of sp³-hybridized carbons (Fsp3) is 0.118. The van der Waals surface area contributed by atoms with Gasteiger partial charge in [0.1, 0.15) is 5.70 Å². The first-order chi connectivity index (χ1) is 21.1. The van der Waals surface area contributed by atoms with E-state index in [9.17, 15) is 24.3 Å². The molecule has 4 rings (SSSR count). The lowest BCUT2D eigenvalue weighted by atomic mass is 10.1. The van der Waals surface area contributed by atoms with E-state index in [2.05, 4.69) is 16.0 Å². The average molecular weight is 609 g/mol. The highest BCUT2D eigenvalue weighted by molar-refractivity contribution is 8.00. The number of hydrogen-bond donors (Lipinski definition) is 4. The number of carbonyl (C=O) groups is 4. The number of aromatic carboxylic acids is 1. The summed E-state index contributed by atoms with van der Waals surface area (Å²) >= 11 is 1.26. The van der Waals surface area contributed by atoms with E-state index in [4.69, 9.17) is 0 Å². The molecule has 0 radical (unpaired) electrons. The highest BCUT2D eigenvalue weighted by atomic mass is 32.2. The zero-order valence-corrected chi connectivity index (χ0v) is 25.3. The Balaban J connectivity index is 1.46. The Morgan fingerprint density at radius 2 is 1.55 bits per heavy atom. The first kappa shape index (κ1) is 31.6. The van der Waals surface area contributed by atoms with E-state index >= 15 is 0 Å². The molecule has 9 nitrogen and oxygen atoms in total. The molecular weight excluding hydrogens is 576 g/mol. The summed E-state index contributed by atoms with van der Waals surface area (Å²) in [5.41, 5.74) is 3.94. The molecule has 44 heavy (non-hydrogen) atoms. The Labute approximate surface area is 260 Å². The molecule has 0 unspecified atom stereocenters. The van der Waals surface area contributed by atoms with Crippen LogP contribution < -0.4 is 20.9 Å². The number of carboxylic acids is 1. The van der Waals surface area contributed by atoms with Crippen molar-refractivity contribution < 1.29 is 24.3 Å². The van der Waals surface area contributed by atoms with Crippen LogP contribution in [0.1, 0.15) is 31.8 Å². The number of aryl methyl sites for hydroxylation is 1. The van der Waals surface area contributed by atoms with Gasteiger partial charge >= 0.3 is 5.97 Å². The second kappa shape index (κ2) is 14.7. The Morgan fingerprint density at radius 1 is 0.818 bits per heavy atom. The average Bonchev–Trinajstić information content (AvgIpc) is 3.01. The number of hydrogen-bond acceptors (Lipinski definition) is 6. The fourth-order valence-electron chi connectivity index (χ4n) is 4.06. The van der Waals surface area contributed by atoms with Gasteiger partial charge in [-0.3, -0.25) is 14.4 Å². The van der Waals surface area contributed by atoms with Crippen LogP contribution in [0.2, 0.25) is 0 Å². The second-order valence-corrected chi connectivity index (χ2v) is 11.1. The molecule has 4 N–H and O–H groups in total. The summed E-state index contributed by atoms with van der Waals surface area (Å²) in [6.07, 6.45) is 1.61. The third kappa shape index (κ3) is 8.83. The predicted octanol–water partition coefficient (Wildman–Crippen LogP) is 5.90. The number of benzene rings is 4. The van der Waals surface area contributed by atoms with Gasteiger partial charge in [0.25, 0.3) is 11.8 Å². The third-order valence-electron chi connectivity index (χ3n) is 6.47. The number of rotatable bonds is 11. The molecule has 224 valence electrons. The van der Waals surface area contributed by atoms with Crippen LogP contribution in [0, 0.1) is 6.92 Å². The normalized spacial score (nSPS) is 10.9. The van der Waals surface area contributed by atoms with Crippen LogP contribution in [0.5, 0.6) is 0 Å². The van der Waals surface area contributed by atoms with Crippen molar-refractivity contribution in [2.24, 2.45) is 0 Å². The summed E-state index contributed by atoms with van der Waals surface area (Å²) < 4.78 is 0. The van der Waals surface area contributed by atoms with Crippen molar-refractivity contribution in [1.29, 1.82) is 0 Å². The summed E-state index contributed by atoms with van der Waals surface area (Å²) in [5, 5.41) is 17.6. The van der Waals surface area contributed by atoms with Crippen molar-refractivity contribution in [2.45, 2.75) is 11.8 Å². The number of carbonyl (C=O) groups excluding carboxylic acids is 3. The minimum atomic E-state index is -1.08. The van der Waals surface area contributed by atoms with Gasteiger partial charge in [-0.05, 0) is 78.7 Å². The monoisotopic (exact) mass is 608 g/mol. The van der Waals surface area contributed by atoms with Crippen LogP contribution in [0.15, 0.2) is 108 Å². The molecule has 0 aliphatic carbocycles. The number of thioether (sulfide) groups is 1. The van der Waals surface area contributed by atoms with Crippen LogP contribution in [0.4, 0.5) is 17.1 Å². The minimum Gasteiger partial charge on any atom is -0.478 e. The minimum absolute atomic E-state index is 0.0628. The highest BCUT2D eigenvalue weighted by Gasteiger charge is 2.16. The molecule has 0 aliphatic heterocycles. The maximum absolute atomic E-state index is 13.4. The van der Waals surface area contributed by atoms with Crippen LogP contribution in [0.3, 0.4) is 0 Å². The first-order valence-corrected chi connectivity index (χ1v) is 14.6. The molecule has 0 fully saturated rings. The van der Waals surface area contributed by atoms with Gasteiger partial charge in [-0.2, -0.15) is 0 Å². The molecule has 0 aliphatic rings. The first-order valence-electron chi connectivity index (χ1n) is 13.6. The van der Waals surface area contributed by atoms with Crippen LogP contribution in [-0.2, 0) is 9.59 Å². The molecule has 0 bridgehead atoms. The van der Waals surface area contributed by atoms with E-state index < -0.39 is 17.8 Å². The lowest BCUT2D eigenvalue weighted by Gasteiger charge is -2.14. The lowest BCUT2D eigenvalue weighted by Crippen LogP contribution is -2.30. The van der Waals surface area contributed by atoms with E-state index in [1.165, 1.54) is 23.9 Å². The van der Waals surface area contributed by atoms with Crippen molar-refractivity contribution >= 4 is 58.6 Å². The van der Waals surface area contributed by atoms with Crippen molar-refractivity contribution in [1.82, 2.24) is 5.32 Å². The summed E-state index contributed by atoms with van der Waals surface area (Å²) in [6.45, 7) is 1.78. The van der Waals surface area contributed by atoms with Crippen molar-refractivity contribution in [3.63, 3.8) is 0 Å². The van der Waals surface area contributed by atoms with Gasteiger partial charge in [0.05, 0.1) is 11.3 Å². The molecule has 0 saturated heterocycles. The Kier molecular flexibility index (Phi) is 10.6. The van der Waals surface area contributed by atoms with Gasteiger partial charge in [-0.15, -0.1) is 11.8 Å². The maximum Gasteiger partial charge on any atom is 0.335 e. The molecule has 0 spiro atoms. The van der Waals surface area contributed by atoms with Crippen molar-refractivity contribution in [3.05, 3.63) is 125 Å². The number of nitrogens with one attached hydrogen (secondary N) is 3. The summed E-state index contributed by atoms with van der Waals surface area (Å²) in [6, 6.07) is 27.7. The second-order valence-electron chi connectivity index (χ2n) is 10.0. The zero-order valence-electron chi connectivity index (χ0n) is 24.5. The smallest absolute Gasteiger partial charge is 0.335 e. The van der Waals surface area contributed by atoms with Crippen LogP contribution >= 0.6 is 11.8 Å². The summed E-state index contributed by atoms with van der Waals surface area (Å²) in [7, 11) is 3.87. The van der Waals surface area contributed by atoms with Crippen molar-refractivity contribution in [3.8, 4) is 0 Å². The van der Waals surface area contributed by atoms with E-state index in [-0.39, 0.29) is 22.9 Å². The summed E-state index contributed by atoms with van der Waals surface area (Å²) in [4.78, 5) is 53.0. The van der Waals surface area contributed by atoms with Gasteiger partial charge < -0.3 is 26.0 Å². The number of amides is 3. The fourth-order valence-corrected chi connectivity index (χ4v) is 4.82. The Morgan fingerprint density at radius 3 is 2.23 bits per heavy atom. The quantitative estimate of drug-likeness (QED) is 0.123. The van der Waals surface area contributed by atoms with Gasteiger partial charge in [-0.25, -0.2) is 4.79 Å². The number of carboxylic acid groups (broad SMARTS) is 1. The van der Waals surface area contributed by atoms with Crippen LogP contribution in [-0.4, -0.2) is 48.6 Å². The predicted molar refractivity (Wildman–Crippen MR) is 175 cm³/mol. The Hall–Kier alpha value is -5.35. The molecule has 0 aromatic heterocycles. The largest absolute Gasteiger partial charge is 0.478 e. The molecule has 4 aromatic carbocycles. The molecule has 0 heterocycles. The van der Waals surface area contributed by atoms with Crippen LogP contribution in [0.25, 0.3) is 6.08 Å². The molecule has 0 saturated carbocycles. The standard InChI is InChI=1S/C34H32N4O5S/c1-22-12-15-25(34(42)43)19-29(22)36-31(39)21-44-28-11-7-10-26(20-28)35-33(41)30(37-32(40)24-8-5-4-6-9-24)18-23-13-16-27(17-14-23)38(2)3/h4-20H,21H2,1-3H3,(H,35,41)(H,36,39)(H,37,40)(H,42,43)/b30-18+. The third-order valence-corrected chi connectivity index (χ3v) is 7.46. The number of nitrogens with zero attached hydrogens (tertiary/aromatic N) is 1. The van der Waals surface area contributed by atoms with Crippen molar-refractivity contribution in [2.75, 3.05) is 35.4 Å². The van der Waals surface area contributed by atoms with E-state index in [1.807, 2.05) is 49.3 Å². The van der Waals surface area contributed by atoms with E-state index in [0.717, 1.165) is 21.7 Å².